The monoisotopic (exact) mass is 387 g/mol. The topological polar surface area (TPSA) is 3.24 Å². The molecule has 0 aromatic heterocycles. The van der Waals surface area contributed by atoms with Gasteiger partial charge in [0, 0.05) is 22.0 Å². The molecule has 1 nitrogen and oxygen atoms in total. The number of benzene rings is 1. The molecule has 102 valence electrons. The summed E-state index contributed by atoms with van der Waals surface area (Å²) in [6.45, 7) is 1.35. The van der Waals surface area contributed by atoms with Gasteiger partial charge in [-0.3, -0.25) is 0 Å². The van der Waals surface area contributed by atoms with Crippen LogP contribution >= 0.6 is 31.9 Å². The van der Waals surface area contributed by atoms with Gasteiger partial charge in [-0.05, 0) is 30.2 Å². The van der Waals surface area contributed by atoms with Crippen molar-refractivity contribution in [1.29, 1.82) is 0 Å². The highest BCUT2D eigenvalue weighted by Gasteiger charge is 2.31. The Hall–Kier alpha value is -0.230. The Morgan fingerprint density at radius 2 is 1.94 bits per heavy atom. The minimum absolute atomic E-state index is 0.390. The Labute approximate surface area is 122 Å². The zero-order valence-corrected chi connectivity index (χ0v) is 13.1. The zero-order valence-electron chi connectivity index (χ0n) is 9.90. The first kappa shape index (κ1) is 15.8. The van der Waals surface area contributed by atoms with Crippen LogP contribution in [0.3, 0.4) is 0 Å². The molecule has 18 heavy (non-hydrogen) atoms. The fourth-order valence-electron chi connectivity index (χ4n) is 1.74. The molecule has 0 atom stereocenters. The van der Waals surface area contributed by atoms with E-state index in [0.29, 0.717) is 24.0 Å². The lowest BCUT2D eigenvalue weighted by Gasteiger charge is -2.27. The predicted molar refractivity (Wildman–Crippen MR) is 75.3 cm³/mol. The van der Waals surface area contributed by atoms with E-state index in [1.54, 1.807) is 12.1 Å². The smallest absolute Gasteiger partial charge is 0.362 e. The van der Waals surface area contributed by atoms with E-state index in [-0.39, 0.29) is 0 Å². The highest BCUT2D eigenvalue weighted by molar-refractivity contribution is 9.10. The fourth-order valence-corrected chi connectivity index (χ4v) is 2.60. The standard InChI is InChI=1S/C12H14Br2F3N/c1-2-5-18(8-12(15,16)17)11-4-3-10(14)6-9(11)7-13/h3-4,6H,2,5,7-8H2,1H3. The van der Waals surface area contributed by atoms with Crippen LogP contribution in [-0.4, -0.2) is 19.3 Å². The Balaban J connectivity index is 3.04. The second kappa shape index (κ2) is 6.80. The van der Waals surface area contributed by atoms with Gasteiger partial charge in [-0.1, -0.05) is 38.8 Å². The van der Waals surface area contributed by atoms with E-state index < -0.39 is 12.7 Å². The van der Waals surface area contributed by atoms with Crippen molar-refractivity contribution in [2.45, 2.75) is 24.9 Å². The van der Waals surface area contributed by atoms with Crippen LogP contribution in [0.5, 0.6) is 0 Å². The summed E-state index contributed by atoms with van der Waals surface area (Å²) < 4.78 is 38.6. The first-order valence-electron chi connectivity index (χ1n) is 5.53. The van der Waals surface area contributed by atoms with E-state index in [1.807, 2.05) is 13.0 Å². The van der Waals surface area contributed by atoms with Crippen LogP contribution in [0.15, 0.2) is 22.7 Å². The van der Waals surface area contributed by atoms with Gasteiger partial charge >= 0.3 is 6.18 Å². The summed E-state index contributed by atoms with van der Waals surface area (Å²) >= 11 is 6.64. The number of nitrogens with zero attached hydrogens (tertiary/aromatic N) is 1. The maximum atomic E-state index is 12.6. The number of hydrogen-bond acceptors (Lipinski definition) is 1. The Bertz CT molecular complexity index is 393. The van der Waals surface area contributed by atoms with Gasteiger partial charge in [0.05, 0.1) is 0 Å². The molecule has 1 aromatic carbocycles. The van der Waals surface area contributed by atoms with E-state index in [2.05, 4.69) is 31.9 Å². The van der Waals surface area contributed by atoms with Gasteiger partial charge in [0.2, 0.25) is 0 Å². The largest absolute Gasteiger partial charge is 0.405 e. The summed E-state index contributed by atoms with van der Waals surface area (Å²) in [6, 6.07) is 5.33. The zero-order chi connectivity index (χ0) is 13.8. The van der Waals surface area contributed by atoms with E-state index in [9.17, 15) is 13.2 Å². The number of rotatable bonds is 5. The molecule has 1 rings (SSSR count). The molecule has 0 unspecified atom stereocenters. The van der Waals surface area contributed by atoms with E-state index >= 15 is 0 Å². The summed E-state index contributed by atoms with van der Waals surface area (Å²) in [6.07, 6.45) is -3.51. The molecule has 0 aliphatic heterocycles. The van der Waals surface area contributed by atoms with Crippen molar-refractivity contribution in [2.75, 3.05) is 18.0 Å². The molecule has 0 aliphatic carbocycles. The highest BCUT2D eigenvalue weighted by atomic mass is 79.9. The Kier molecular flexibility index (Phi) is 5.98. The molecule has 0 N–H and O–H groups in total. The molecule has 0 saturated heterocycles. The normalized spacial score (nSPS) is 11.7. The Morgan fingerprint density at radius 3 is 2.44 bits per heavy atom. The molecule has 0 aliphatic rings. The maximum absolute atomic E-state index is 12.6. The maximum Gasteiger partial charge on any atom is 0.405 e. The third kappa shape index (κ3) is 4.80. The van der Waals surface area contributed by atoms with Crippen molar-refractivity contribution < 1.29 is 13.2 Å². The third-order valence-electron chi connectivity index (χ3n) is 2.39. The molecular weight excluding hydrogens is 375 g/mol. The van der Waals surface area contributed by atoms with Gasteiger partial charge in [-0.2, -0.15) is 13.2 Å². The molecule has 0 spiro atoms. The van der Waals surface area contributed by atoms with Crippen LogP contribution < -0.4 is 4.90 Å². The summed E-state index contributed by atoms with van der Waals surface area (Å²) in [5.74, 6) is 0. The average Bonchev–Trinajstić information content (AvgIpc) is 2.26. The molecule has 1 aromatic rings. The van der Waals surface area contributed by atoms with Crippen molar-refractivity contribution >= 4 is 37.5 Å². The predicted octanol–water partition coefficient (Wildman–Crippen LogP) is 5.12. The molecule has 0 amide bonds. The summed E-state index contributed by atoms with van der Waals surface area (Å²) in [5, 5.41) is 0.528. The van der Waals surface area contributed by atoms with E-state index in [4.69, 9.17) is 0 Å². The average molecular weight is 389 g/mol. The van der Waals surface area contributed by atoms with Crippen LogP contribution in [0.1, 0.15) is 18.9 Å². The van der Waals surface area contributed by atoms with Gasteiger partial charge in [-0.25, -0.2) is 0 Å². The van der Waals surface area contributed by atoms with Crippen LogP contribution in [0.2, 0.25) is 0 Å². The first-order valence-corrected chi connectivity index (χ1v) is 7.45. The first-order chi connectivity index (χ1) is 8.37. The molecule has 6 heteroatoms. The number of anilines is 1. The summed E-state index contributed by atoms with van der Waals surface area (Å²) in [7, 11) is 0. The third-order valence-corrected chi connectivity index (χ3v) is 3.49. The van der Waals surface area contributed by atoms with Crippen molar-refractivity contribution in [3.05, 3.63) is 28.2 Å². The van der Waals surface area contributed by atoms with E-state index in [0.717, 1.165) is 10.0 Å². The molecular formula is C12H14Br2F3N. The Morgan fingerprint density at radius 1 is 1.28 bits per heavy atom. The van der Waals surface area contributed by atoms with Crippen molar-refractivity contribution in [3.8, 4) is 0 Å². The minimum atomic E-state index is -4.19. The number of alkyl halides is 4. The second-order valence-electron chi connectivity index (χ2n) is 3.94. The van der Waals surface area contributed by atoms with Crippen molar-refractivity contribution in [2.24, 2.45) is 0 Å². The van der Waals surface area contributed by atoms with Crippen molar-refractivity contribution in [1.82, 2.24) is 0 Å². The van der Waals surface area contributed by atoms with Gasteiger partial charge < -0.3 is 4.90 Å². The molecule has 0 radical (unpaired) electrons. The van der Waals surface area contributed by atoms with Crippen LogP contribution in [0, 0.1) is 0 Å². The lowest BCUT2D eigenvalue weighted by molar-refractivity contribution is -0.119. The van der Waals surface area contributed by atoms with Crippen LogP contribution in [-0.2, 0) is 5.33 Å². The molecule has 0 bridgehead atoms. The second-order valence-corrected chi connectivity index (χ2v) is 5.42. The molecule has 0 saturated carbocycles. The van der Waals surface area contributed by atoms with Gasteiger partial charge in [0.1, 0.15) is 6.54 Å². The summed E-state index contributed by atoms with van der Waals surface area (Å²) in [5.41, 5.74) is 1.48. The summed E-state index contributed by atoms with van der Waals surface area (Å²) in [4.78, 5) is 1.38. The molecule has 0 heterocycles. The van der Waals surface area contributed by atoms with Gasteiger partial charge in [0.15, 0.2) is 0 Å². The highest BCUT2D eigenvalue weighted by Crippen LogP contribution is 2.29. The number of halogens is 5. The lowest BCUT2D eigenvalue weighted by atomic mass is 10.1. The lowest BCUT2D eigenvalue weighted by Crippen LogP contribution is -2.35. The van der Waals surface area contributed by atoms with Gasteiger partial charge in [0.25, 0.3) is 0 Å². The van der Waals surface area contributed by atoms with Crippen LogP contribution in [0.25, 0.3) is 0 Å². The minimum Gasteiger partial charge on any atom is -0.362 e. The van der Waals surface area contributed by atoms with Crippen LogP contribution in [0.4, 0.5) is 18.9 Å². The SMILES string of the molecule is CCCN(CC(F)(F)F)c1ccc(Br)cc1CBr. The fraction of sp³-hybridized carbons (Fsp3) is 0.500. The van der Waals surface area contributed by atoms with Crippen molar-refractivity contribution in [3.63, 3.8) is 0 Å². The van der Waals surface area contributed by atoms with E-state index in [1.165, 1.54) is 4.90 Å². The van der Waals surface area contributed by atoms with Gasteiger partial charge in [-0.15, -0.1) is 0 Å². The molecule has 0 fully saturated rings. The quantitative estimate of drug-likeness (QED) is 0.632. The number of hydrogen-bond donors (Lipinski definition) is 0.